The molecule has 0 aromatic carbocycles. The summed E-state index contributed by atoms with van der Waals surface area (Å²) < 4.78 is 6.11. The van der Waals surface area contributed by atoms with Crippen LogP contribution in [0, 0.1) is 17.3 Å². The van der Waals surface area contributed by atoms with Crippen LogP contribution in [-0.2, 0) is 4.74 Å². The maximum atomic E-state index is 10.7. The van der Waals surface area contributed by atoms with Crippen LogP contribution in [0.2, 0.25) is 0 Å². The SMILES string of the molecule is C/C1=C\CC[C@]2(C)O[C@H]2C[C@]2(C)CC[C@@H](C(C)(C)O)[C@@H]2CC1. The molecule has 0 amide bonds. The largest absolute Gasteiger partial charge is 0.390 e. The van der Waals surface area contributed by atoms with E-state index >= 15 is 0 Å². The number of hydrogen-bond acceptors (Lipinski definition) is 2. The average Bonchev–Trinajstić information content (AvgIpc) is 2.86. The molecule has 1 aliphatic heterocycles. The lowest BCUT2D eigenvalue weighted by Gasteiger charge is -2.38. The van der Waals surface area contributed by atoms with E-state index in [1.54, 1.807) is 0 Å². The predicted molar refractivity (Wildman–Crippen MR) is 90.7 cm³/mol. The van der Waals surface area contributed by atoms with Crippen molar-refractivity contribution in [2.24, 2.45) is 17.3 Å². The zero-order valence-corrected chi connectivity index (χ0v) is 15.1. The van der Waals surface area contributed by atoms with E-state index in [4.69, 9.17) is 4.74 Å². The Morgan fingerprint density at radius 1 is 1.23 bits per heavy atom. The van der Waals surface area contributed by atoms with Crippen LogP contribution in [-0.4, -0.2) is 22.4 Å². The van der Waals surface area contributed by atoms with Crippen molar-refractivity contribution in [3.63, 3.8) is 0 Å². The predicted octanol–water partition coefficient (Wildman–Crippen LogP) is 4.86. The maximum Gasteiger partial charge on any atom is 0.0923 e. The van der Waals surface area contributed by atoms with Gasteiger partial charge in [0.15, 0.2) is 0 Å². The standard InChI is InChI=1S/C20H34O2/c1-14-7-6-11-20(5)17(22-20)13-19(4)12-10-15(18(2,3)21)16(19)9-8-14/h7,15-17,21H,6,8-13H2,1-5H3/b14-7+/t15-,16+,17+,19+,20+/m1/s1. The molecule has 3 rings (SSSR count). The minimum atomic E-state index is -0.562. The molecule has 1 N–H and O–H groups in total. The van der Waals surface area contributed by atoms with E-state index in [-0.39, 0.29) is 5.60 Å². The third-order valence-corrected chi connectivity index (χ3v) is 6.99. The number of aliphatic hydroxyl groups is 1. The molecule has 2 fully saturated rings. The highest BCUT2D eigenvalue weighted by Gasteiger charge is 2.58. The molecule has 0 aromatic heterocycles. The van der Waals surface area contributed by atoms with E-state index < -0.39 is 5.60 Å². The first-order valence-electron chi connectivity index (χ1n) is 9.20. The summed E-state index contributed by atoms with van der Waals surface area (Å²) >= 11 is 0. The highest BCUT2D eigenvalue weighted by molar-refractivity contribution is 5.10. The maximum absolute atomic E-state index is 10.7. The minimum absolute atomic E-state index is 0.113. The second kappa shape index (κ2) is 5.34. The van der Waals surface area contributed by atoms with Crippen LogP contribution >= 0.6 is 0 Å². The topological polar surface area (TPSA) is 32.8 Å². The first-order chi connectivity index (χ1) is 10.1. The molecule has 1 saturated carbocycles. The van der Waals surface area contributed by atoms with Gasteiger partial charge >= 0.3 is 0 Å². The van der Waals surface area contributed by atoms with E-state index in [0.29, 0.717) is 23.4 Å². The van der Waals surface area contributed by atoms with Crippen molar-refractivity contribution in [3.8, 4) is 0 Å². The minimum Gasteiger partial charge on any atom is -0.390 e. The lowest BCUT2D eigenvalue weighted by atomic mass is 9.68. The highest BCUT2D eigenvalue weighted by Crippen LogP contribution is 2.58. The Hall–Kier alpha value is -0.340. The van der Waals surface area contributed by atoms with Gasteiger partial charge in [0.2, 0.25) is 0 Å². The van der Waals surface area contributed by atoms with Crippen molar-refractivity contribution in [3.05, 3.63) is 11.6 Å². The summed E-state index contributed by atoms with van der Waals surface area (Å²) in [4.78, 5) is 0. The lowest BCUT2D eigenvalue weighted by molar-refractivity contribution is -0.0186. The molecule has 2 heteroatoms. The molecular formula is C20H34O2. The van der Waals surface area contributed by atoms with Gasteiger partial charge in [-0.3, -0.25) is 0 Å². The Morgan fingerprint density at radius 2 is 1.95 bits per heavy atom. The summed E-state index contributed by atoms with van der Waals surface area (Å²) in [5.41, 5.74) is 1.40. The Bertz CT molecular complexity index is 461. The summed E-state index contributed by atoms with van der Waals surface area (Å²) in [5, 5.41) is 10.7. The van der Waals surface area contributed by atoms with Gasteiger partial charge in [0, 0.05) is 0 Å². The Labute approximate surface area is 136 Å². The summed E-state index contributed by atoms with van der Waals surface area (Å²) in [6, 6.07) is 0. The smallest absolute Gasteiger partial charge is 0.0923 e. The quantitative estimate of drug-likeness (QED) is 0.554. The van der Waals surface area contributed by atoms with Gasteiger partial charge in [0.05, 0.1) is 17.3 Å². The van der Waals surface area contributed by atoms with Gasteiger partial charge in [0.25, 0.3) is 0 Å². The van der Waals surface area contributed by atoms with E-state index in [2.05, 4.69) is 26.8 Å². The highest BCUT2D eigenvalue weighted by atomic mass is 16.6. The summed E-state index contributed by atoms with van der Waals surface area (Å²) in [5.74, 6) is 1.04. The van der Waals surface area contributed by atoms with Crippen LogP contribution in [0.4, 0.5) is 0 Å². The average molecular weight is 306 g/mol. The van der Waals surface area contributed by atoms with Gasteiger partial charge in [-0.15, -0.1) is 0 Å². The first kappa shape index (κ1) is 16.5. The molecule has 0 radical (unpaired) electrons. The summed E-state index contributed by atoms with van der Waals surface area (Å²) in [6.07, 6.45) is 11.2. The molecule has 0 spiro atoms. The van der Waals surface area contributed by atoms with Gasteiger partial charge in [0.1, 0.15) is 0 Å². The number of hydrogen-bond donors (Lipinski definition) is 1. The van der Waals surface area contributed by atoms with E-state index in [0.717, 1.165) is 19.3 Å². The van der Waals surface area contributed by atoms with Crippen LogP contribution in [0.15, 0.2) is 11.6 Å². The molecule has 0 unspecified atom stereocenters. The van der Waals surface area contributed by atoms with Crippen molar-refractivity contribution in [2.45, 2.75) is 96.9 Å². The summed E-state index contributed by atoms with van der Waals surface area (Å²) in [6.45, 7) is 11.0. The molecular weight excluding hydrogens is 272 g/mol. The summed E-state index contributed by atoms with van der Waals surface area (Å²) in [7, 11) is 0. The van der Waals surface area contributed by atoms with Crippen molar-refractivity contribution in [1.82, 2.24) is 0 Å². The van der Waals surface area contributed by atoms with Crippen LogP contribution < -0.4 is 0 Å². The first-order valence-corrected chi connectivity index (χ1v) is 9.20. The van der Waals surface area contributed by atoms with Gasteiger partial charge in [-0.05, 0) is 89.9 Å². The second-order valence-electron chi connectivity index (χ2n) is 9.31. The van der Waals surface area contributed by atoms with Crippen molar-refractivity contribution in [1.29, 1.82) is 0 Å². The fraction of sp³-hybridized carbons (Fsp3) is 0.900. The van der Waals surface area contributed by atoms with E-state index in [9.17, 15) is 5.11 Å². The zero-order valence-electron chi connectivity index (χ0n) is 15.1. The van der Waals surface area contributed by atoms with Gasteiger partial charge in [-0.2, -0.15) is 0 Å². The van der Waals surface area contributed by atoms with Crippen LogP contribution in [0.1, 0.15) is 79.6 Å². The molecule has 2 nitrogen and oxygen atoms in total. The lowest BCUT2D eigenvalue weighted by Crippen LogP contribution is -2.38. The number of fused-ring (bicyclic) bond motifs is 2. The molecule has 3 aliphatic rings. The fourth-order valence-electron chi connectivity index (χ4n) is 5.29. The van der Waals surface area contributed by atoms with Crippen LogP contribution in [0.3, 0.4) is 0 Å². The van der Waals surface area contributed by atoms with E-state index in [1.807, 2.05) is 13.8 Å². The number of allylic oxidation sites excluding steroid dienone is 2. The molecule has 1 heterocycles. The van der Waals surface area contributed by atoms with Gasteiger partial charge < -0.3 is 9.84 Å². The van der Waals surface area contributed by atoms with Crippen molar-refractivity contribution >= 4 is 0 Å². The normalized spacial score (nSPS) is 48.6. The fourth-order valence-corrected chi connectivity index (χ4v) is 5.29. The van der Waals surface area contributed by atoms with Crippen LogP contribution in [0.25, 0.3) is 0 Å². The Balaban J connectivity index is 1.86. The molecule has 22 heavy (non-hydrogen) atoms. The van der Waals surface area contributed by atoms with E-state index in [1.165, 1.54) is 31.3 Å². The van der Waals surface area contributed by atoms with Gasteiger partial charge in [-0.25, -0.2) is 0 Å². The Morgan fingerprint density at radius 3 is 2.64 bits per heavy atom. The molecule has 5 atom stereocenters. The van der Waals surface area contributed by atoms with Crippen LogP contribution in [0.5, 0.6) is 0 Å². The monoisotopic (exact) mass is 306 g/mol. The van der Waals surface area contributed by atoms with Gasteiger partial charge in [-0.1, -0.05) is 18.6 Å². The second-order valence-corrected chi connectivity index (χ2v) is 9.31. The third kappa shape index (κ3) is 3.01. The molecule has 0 bridgehead atoms. The Kier molecular flexibility index (Phi) is 4.01. The number of epoxide rings is 1. The number of rotatable bonds is 1. The molecule has 1 saturated heterocycles. The number of ether oxygens (including phenoxy) is 1. The van der Waals surface area contributed by atoms with Crippen molar-refractivity contribution < 1.29 is 9.84 Å². The molecule has 0 aromatic rings. The molecule has 126 valence electrons. The zero-order chi connectivity index (χ0) is 16.2. The third-order valence-electron chi connectivity index (χ3n) is 6.99. The molecule has 2 aliphatic carbocycles. The van der Waals surface area contributed by atoms with Crippen molar-refractivity contribution in [2.75, 3.05) is 0 Å².